The number of hydrogen-bond donors (Lipinski definition) is 2. The summed E-state index contributed by atoms with van der Waals surface area (Å²) in [6.45, 7) is 3.75. The van der Waals surface area contributed by atoms with Crippen molar-refractivity contribution >= 4 is 16.0 Å². The molecule has 7 nitrogen and oxygen atoms in total. The van der Waals surface area contributed by atoms with Gasteiger partial charge in [0.1, 0.15) is 16.3 Å². The molecule has 0 saturated carbocycles. The highest BCUT2D eigenvalue weighted by molar-refractivity contribution is 7.89. The van der Waals surface area contributed by atoms with E-state index in [-0.39, 0.29) is 10.6 Å². The Hall–Kier alpha value is -2.06. The Morgan fingerprint density at radius 3 is 2.71 bits per heavy atom. The molecule has 2 heterocycles. The second-order valence-corrected chi connectivity index (χ2v) is 6.22. The molecule has 0 fully saturated rings. The van der Waals surface area contributed by atoms with Crippen molar-refractivity contribution in [2.24, 2.45) is 0 Å². The van der Waals surface area contributed by atoms with Crippen molar-refractivity contribution in [1.29, 1.82) is 0 Å². The van der Waals surface area contributed by atoms with E-state index < -0.39 is 22.0 Å². The number of rotatable bonds is 6. The Morgan fingerprint density at radius 2 is 2.24 bits per heavy atom. The lowest BCUT2D eigenvalue weighted by atomic mass is 10.3. The van der Waals surface area contributed by atoms with Crippen LogP contribution < -0.4 is 4.72 Å². The van der Waals surface area contributed by atoms with Gasteiger partial charge in [0.15, 0.2) is 0 Å². The zero-order valence-corrected chi connectivity index (χ0v) is 12.4. The van der Waals surface area contributed by atoms with Crippen molar-refractivity contribution in [3.05, 3.63) is 42.1 Å². The lowest BCUT2D eigenvalue weighted by Crippen LogP contribution is -2.26. The maximum absolute atomic E-state index is 12.3. The monoisotopic (exact) mass is 312 g/mol. The first-order chi connectivity index (χ1) is 9.85. The fraction of sp³-hybridized carbons (Fsp3) is 0.308. The number of carboxylic acids is 1. The molecule has 0 spiro atoms. The number of hydrogen-bond acceptors (Lipinski definition) is 4. The van der Waals surface area contributed by atoms with Gasteiger partial charge in [-0.3, -0.25) is 0 Å². The van der Waals surface area contributed by atoms with Crippen LogP contribution in [-0.4, -0.2) is 24.1 Å². The van der Waals surface area contributed by atoms with E-state index in [2.05, 4.69) is 4.72 Å². The maximum Gasteiger partial charge on any atom is 0.352 e. The molecule has 1 unspecified atom stereocenters. The van der Waals surface area contributed by atoms with E-state index in [9.17, 15) is 13.2 Å². The number of furan rings is 1. The molecule has 21 heavy (non-hydrogen) atoms. The lowest BCUT2D eigenvalue weighted by Gasteiger charge is -2.10. The Kier molecular flexibility index (Phi) is 4.19. The van der Waals surface area contributed by atoms with Crippen LogP contribution in [0.4, 0.5) is 0 Å². The van der Waals surface area contributed by atoms with Crippen LogP contribution in [0.3, 0.4) is 0 Å². The maximum atomic E-state index is 12.3. The van der Waals surface area contributed by atoms with Gasteiger partial charge in [0, 0.05) is 12.7 Å². The summed E-state index contributed by atoms with van der Waals surface area (Å²) >= 11 is 0. The predicted octanol–water partition coefficient (Wildman–Crippen LogP) is 1.84. The molecule has 2 aromatic rings. The third-order valence-electron chi connectivity index (χ3n) is 3.04. The summed E-state index contributed by atoms with van der Waals surface area (Å²) in [5.41, 5.74) is -0.0662. The average Bonchev–Trinajstić information content (AvgIpc) is 3.07. The Labute approximate surface area is 122 Å². The number of sulfonamides is 1. The van der Waals surface area contributed by atoms with Gasteiger partial charge in [-0.15, -0.1) is 0 Å². The van der Waals surface area contributed by atoms with Crippen LogP contribution in [0.5, 0.6) is 0 Å². The number of carboxylic acid groups (broad SMARTS) is 1. The van der Waals surface area contributed by atoms with Crippen molar-refractivity contribution in [1.82, 2.24) is 9.29 Å². The Balaban J connectivity index is 2.29. The van der Waals surface area contributed by atoms with Gasteiger partial charge in [-0.1, -0.05) is 0 Å². The molecule has 114 valence electrons. The number of carbonyl (C=O) groups is 1. The summed E-state index contributed by atoms with van der Waals surface area (Å²) in [4.78, 5) is 11.0. The highest BCUT2D eigenvalue weighted by atomic mass is 32.2. The minimum absolute atomic E-state index is 0.0662. The fourth-order valence-corrected chi connectivity index (χ4v) is 3.22. The van der Waals surface area contributed by atoms with E-state index in [0.29, 0.717) is 12.3 Å². The fourth-order valence-electron chi connectivity index (χ4n) is 1.97. The normalized spacial score (nSPS) is 13.2. The summed E-state index contributed by atoms with van der Waals surface area (Å²) in [5.74, 6) is -0.690. The Bertz CT molecular complexity index is 731. The van der Waals surface area contributed by atoms with Gasteiger partial charge >= 0.3 is 5.97 Å². The van der Waals surface area contributed by atoms with E-state index in [1.165, 1.54) is 17.0 Å². The van der Waals surface area contributed by atoms with Gasteiger partial charge in [-0.05, 0) is 32.0 Å². The molecular weight excluding hydrogens is 296 g/mol. The summed E-state index contributed by atoms with van der Waals surface area (Å²) in [6.07, 6.45) is 2.76. The SMILES string of the molecule is CCn1cc(S(=O)(=O)NC(C)c2ccco2)cc1C(=O)O. The van der Waals surface area contributed by atoms with Gasteiger partial charge in [0.05, 0.1) is 12.3 Å². The number of aromatic carboxylic acids is 1. The molecule has 0 amide bonds. The summed E-state index contributed by atoms with van der Waals surface area (Å²) in [7, 11) is -3.83. The molecular formula is C13H16N2O5S. The summed E-state index contributed by atoms with van der Waals surface area (Å²) in [6, 6.07) is 3.91. The number of nitrogens with zero attached hydrogens (tertiary/aromatic N) is 1. The van der Waals surface area contributed by atoms with Crippen LogP contribution in [0.1, 0.15) is 36.1 Å². The quantitative estimate of drug-likeness (QED) is 0.847. The lowest BCUT2D eigenvalue weighted by molar-refractivity contribution is 0.0685. The van der Waals surface area contributed by atoms with E-state index in [1.54, 1.807) is 26.0 Å². The molecule has 0 saturated heterocycles. The van der Waals surface area contributed by atoms with Gasteiger partial charge in [-0.2, -0.15) is 0 Å². The molecule has 0 radical (unpaired) electrons. The van der Waals surface area contributed by atoms with E-state index in [4.69, 9.17) is 9.52 Å². The Morgan fingerprint density at radius 1 is 1.52 bits per heavy atom. The second-order valence-electron chi connectivity index (χ2n) is 4.51. The zero-order valence-electron chi connectivity index (χ0n) is 11.6. The third-order valence-corrected chi connectivity index (χ3v) is 4.55. The van der Waals surface area contributed by atoms with E-state index >= 15 is 0 Å². The first-order valence-electron chi connectivity index (χ1n) is 6.34. The highest BCUT2D eigenvalue weighted by Crippen LogP contribution is 2.19. The smallest absolute Gasteiger partial charge is 0.352 e. The van der Waals surface area contributed by atoms with Crippen molar-refractivity contribution in [2.45, 2.75) is 31.3 Å². The first-order valence-corrected chi connectivity index (χ1v) is 7.82. The number of aryl methyl sites for hydroxylation is 1. The van der Waals surface area contributed by atoms with Gasteiger partial charge < -0.3 is 14.1 Å². The third kappa shape index (κ3) is 3.17. The van der Waals surface area contributed by atoms with E-state index in [1.807, 2.05) is 0 Å². The number of nitrogens with one attached hydrogen (secondary N) is 1. The minimum atomic E-state index is -3.83. The van der Waals surface area contributed by atoms with Crippen LogP contribution in [0.15, 0.2) is 40.0 Å². The van der Waals surface area contributed by atoms with Crippen LogP contribution >= 0.6 is 0 Å². The molecule has 2 rings (SSSR count). The van der Waals surface area contributed by atoms with Crippen LogP contribution in [0.25, 0.3) is 0 Å². The topological polar surface area (TPSA) is 102 Å². The van der Waals surface area contributed by atoms with Gasteiger partial charge in [0.2, 0.25) is 10.0 Å². The van der Waals surface area contributed by atoms with E-state index in [0.717, 1.165) is 6.07 Å². The zero-order chi connectivity index (χ0) is 15.6. The first kappa shape index (κ1) is 15.3. The van der Waals surface area contributed by atoms with Crippen molar-refractivity contribution in [3.8, 4) is 0 Å². The highest BCUT2D eigenvalue weighted by Gasteiger charge is 2.23. The van der Waals surface area contributed by atoms with Crippen LogP contribution in [-0.2, 0) is 16.6 Å². The molecule has 0 aliphatic heterocycles. The molecule has 0 aromatic carbocycles. The summed E-state index contributed by atoms with van der Waals surface area (Å²) in [5, 5.41) is 9.06. The van der Waals surface area contributed by atoms with Crippen molar-refractivity contribution in [2.75, 3.05) is 0 Å². The molecule has 0 aliphatic rings. The van der Waals surface area contributed by atoms with Crippen molar-refractivity contribution < 1.29 is 22.7 Å². The molecule has 0 aliphatic carbocycles. The largest absolute Gasteiger partial charge is 0.477 e. The van der Waals surface area contributed by atoms with Crippen LogP contribution in [0.2, 0.25) is 0 Å². The molecule has 2 N–H and O–H groups in total. The molecule has 1 atom stereocenters. The second kappa shape index (κ2) is 5.74. The minimum Gasteiger partial charge on any atom is -0.477 e. The molecule has 0 bridgehead atoms. The van der Waals surface area contributed by atoms with Gasteiger partial charge in [0.25, 0.3) is 0 Å². The van der Waals surface area contributed by atoms with Gasteiger partial charge in [-0.25, -0.2) is 17.9 Å². The molecule has 8 heteroatoms. The summed E-state index contributed by atoms with van der Waals surface area (Å²) < 4.78 is 33.5. The number of aromatic nitrogens is 1. The standard InChI is InChI=1S/C13H16N2O5S/c1-3-15-8-10(7-11(15)13(16)17)21(18,19)14-9(2)12-5-4-6-20-12/h4-9,14H,3H2,1-2H3,(H,16,17). The van der Waals surface area contributed by atoms with Crippen molar-refractivity contribution in [3.63, 3.8) is 0 Å². The van der Waals surface area contributed by atoms with Crippen LogP contribution in [0, 0.1) is 0 Å². The molecule has 2 aromatic heterocycles. The predicted molar refractivity (Wildman–Crippen MR) is 74.5 cm³/mol. The average molecular weight is 312 g/mol.